The first-order chi connectivity index (χ1) is 22.0. The molecule has 3 heterocycles. The standard InChI is InChI=1S/C36H63NO6SSi2/c1-11-23-44-34-27(24-26-21-19-18-20-22-26)29-33(39-10)35(38)37(29)30(34)32(43-46(15-5,16-6)17-7)31(28-25-40-36(8,9)41-28)42-45(12-2,13-3)14-4/h18-22,27-34H,11-17,23-25H2,1-10H3/t27-,28+,29+,30+,31+,32+,33-,34-/m0/s1. The van der Waals surface area contributed by atoms with Crippen LogP contribution in [-0.4, -0.2) is 94.4 Å². The molecule has 262 valence electrons. The van der Waals surface area contributed by atoms with Crippen molar-refractivity contribution >= 4 is 34.3 Å². The number of carbonyl (C=O) groups excluding carboxylic acids is 1. The van der Waals surface area contributed by atoms with Crippen LogP contribution in [-0.2, 0) is 34.3 Å². The number of methoxy groups -OCH3 is 1. The van der Waals surface area contributed by atoms with E-state index in [-0.39, 0.29) is 47.5 Å². The highest BCUT2D eigenvalue weighted by Gasteiger charge is 2.66. The summed E-state index contributed by atoms with van der Waals surface area (Å²) in [5.74, 6) is 0.663. The summed E-state index contributed by atoms with van der Waals surface area (Å²) in [5.41, 5.74) is 1.30. The minimum Gasteiger partial charge on any atom is -0.409 e. The van der Waals surface area contributed by atoms with Gasteiger partial charge in [0.25, 0.3) is 5.91 Å². The Morgan fingerprint density at radius 2 is 1.48 bits per heavy atom. The van der Waals surface area contributed by atoms with E-state index in [0.717, 1.165) is 54.9 Å². The van der Waals surface area contributed by atoms with Crippen LogP contribution in [0.3, 0.4) is 0 Å². The minimum atomic E-state index is -2.17. The molecule has 0 bridgehead atoms. The van der Waals surface area contributed by atoms with E-state index in [1.807, 2.05) is 25.6 Å². The summed E-state index contributed by atoms with van der Waals surface area (Å²) in [5, 5.41) is 0.180. The molecule has 1 amide bonds. The summed E-state index contributed by atoms with van der Waals surface area (Å²) in [7, 11) is -2.61. The van der Waals surface area contributed by atoms with Crippen molar-refractivity contribution in [1.82, 2.24) is 4.90 Å². The van der Waals surface area contributed by atoms with E-state index in [0.29, 0.717) is 6.61 Å². The van der Waals surface area contributed by atoms with E-state index in [2.05, 4.69) is 83.7 Å². The number of hydrogen-bond donors (Lipinski definition) is 0. The molecule has 3 fully saturated rings. The van der Waals surface area contributed by atoms with Crippen LogP contribution in [0.4, 0.5) is 0 Å². The fourth-order valence-electron chi connectivity index (χ4n) is 8.21. The van der Waals surface area contributed by atoms with E-state index in [9.17, 15) is 4.79 Å². The molecule has 0 radical (unpaired) electrons. The molecular formula is C36H63NO6SSi2. The predicted octanol–water partition coefficient (Wildman–Crippen LogP) is 7.90. The molecule has 3 aliphatic heterocycles. The third-order valence-corrected chi connectivity index (χ3v) is 22.4. The molecule has 1 aromatic rings. The van der Waals surface area contributed by atoms with Crippen LogP contribution in [0.2, 0.25) is 36.3 Å². The zero-order valence-corrected chi connectivity index (χ0v) is 33.2. The van der Waals surface area contributed by atoms with Gasteiger partial charge in [0.15, 0.2) is 28.5 Å². The SMILES string of the molecule is CCCS[C@H]1[C@@H](Cc2ccccc2)[C@@H]2[C@H](OC)C(=O)N2[C@@H]1[C@@H](O[Si](CC)(CC)CC)[C@H](O[Si](CC)(CC)CC)[C@H]1COC(C)(C)O1. The van der Waals surface area contributed by atoms with Crippen LogP contribution in [0.5, 0.6) is 0 Å². The number of rotatable bonds is 19. The van der Waals surface area contributed by atoms with Crippen molar-refractivity contribution in [3.05, 3.63) is 35.9 Å². The van der Waals surface area contributed by atoms with Crippen LogP contribution < -0.4 is 0 Å². The number of nitrogens with zero attached hydrogens (tertiary/aromatic N) is 1. The second-order valence-electron chi connectivity index (χ2n) is 14.1. The highest BCUT2D eigenvalue weighted by molar-refractivity contribution is 8.00. The average molecular weight is 694 g/mol. The third-order valence-electron chi connectivity index (χ3n) is 11.4. The second kappa shape index (κ2) is 16.3. The van der Waals surface area contributed by atoms with Crippen molar-refractivity contribution < 1.29 is 27.9 Å². The van der Waals surface area contributed by atoms with Gasteiger partial charge in [-0.2, -0.15) is 11.8 Å². The zero-order chi connectivity index (χ0) is 33.7. The molecule has 3 aliphatic rings. The van der Waals surface area contributed by atoms with E-state index < -0.39 is 28.5 Å². The van der Waals surface area contributed by atoms with E-state index in [1.165, 1.54) is 5.56 Å². The van der Waals surface area contributed by atoms with Crippen LogP contribution >= 0.6 is 11.8 Å². The first-order valence-corrected chi connectivity index (χ1v) is 24.3. The van der Waals surface area contributed by atoms with Gasteiger partial charge in [-0.15, -0.1) is 0 Å². The number of benzene rings is 1. The lowest BCUT2D eigenvalue weighted by molar-refractivity contribution is -0.181. The Hall–Kier alpha value is -0.726. The number of ether oxygens (including phenoxy) is 3. The van der Waals surface area contributed by atoms with Gasteiger partial charge in [0.1, 0.15) is 12.2 Å². The molecule has 46 heavy (non-hydrogen) atoms. The molecule has 1 aromatic carbocycles. The van der Waals surface area contributed by atoms with Gasteiger partial charge < -0.3 is 28.0 Å². The molecule has 10 heteroatoms. The first-order valence-electron chi connectivity index (χ1n) is 18.2. The van der Waals surface area contributed by atoms with Crippen molar-refractivity contribution in [2.24, 2.45) is 5.92 Å². The summed E-state index contributed by atoms with van der Waals surface area (Å²) >= 11 is 2.02. The van der Waals surface area contributed by atoms with Crippen molar-refractivity contribution in [3.8, 4) is 0 Å². The molecule has 0 saturated carbocycles. The average Bonchev–Trinajstić information content (AvgIpc) is 3.57. The smallest absolute Gasteiger partial charge is 0.254 e. The van der Waals surface area contributed by atoms with E-state index >= 15 is 0 Å². The summed E-state index contributed by atoms with van der Waals surface area (Å²) in [4.78, 5) is 16.3. The lowest BCUT2D eigenvalue weighted by atomic mass is 9.84. The molecule has 0 N–H and O–H groups in total. The Bertz CT molecular complexity index is 1090. The zero-order valence-electron chi connectivity index (χ0n) is 30.4. The number of hydrogen-bond acceptors (Lipinski definition) is 7. The maximum atomic E-state index is 14.1. The van der Waals surface area contributed by atoms with Crippen LogP contribution in [0.1, 0.15) is 74.3 Å². The summed E-state index contributed by atoms with van der Waals surface area (Å²) in [6.07, 6.45) is 0.639. The molecule has 0 spiro atoms. The number of carbonyl (C=O) groups is 1. The highest BCUT2D eigenvalue weighted by atomic mass is 32.2. The summed E-state index contributed by atoms with van der Waals surface area (Å²) in [6.45, 7) is 20.4. The van der Waals surface area contributed by atoms with Gasteiger partial charge in [-0.3, -0.25) is 4.79 Å². The first kappa shape index (κ1) is 38.1. The van der Waals surface area contributed by atoms with E-state index in [4.69, 9.17) is 23.1 Å². The van der Waals surface area contributed by atoms with Gasteiger partial charge in [0.2, 0.25) is 0 Å². The maximum Gasteiger partial charge on any atom is 0.254 e. The molecule has 3 saturated heterocycles. The fraction of sp³-hybridized carbons (Fsp3) is 0.806. The molecule has 0 unspecified atom stereocenters. The topological polar surface area (TPSA) is 66.5 Å². The number of amides is 1. The van der Waals surface area contributed by atoms with Crippen molar-refractivity contribution in [1.29, 1.82) is 0 Å². The van der Waals surface area contributed by atoms with Gasteiger partial charge in [-0.25, -0.2) is 0 Å². The molecule has 4 rings (SSSR count). The second-order valence-corrected chi connectivity index (χ2v) is 24.8. The van der Waals surface area contributed by atoms with Crippen LogP contribution in [0, 0.1) is 5.92 Å². The van der Waals surface area contributed by atoms with Crippen molar-refractivity contribution in [3.63, 3.8) is 0 Å². The Kier molecular flexibility index (Phi) is 13.5. The Labute approximate surface area is 286 Å². The van der Waals surface area contributed by atoms with Gasteiger partial charge in [0, 0.05) is 18.3 Å². The van der Waals surface area contributed by atoms with Gasteiger partial charge >= 0.3 is 0 Å². The molecule has 0 aromatic heterocycles. The summed E-state index contributed by atoms with van der Waals surface area (Å²) in [6, 6.07) is 16.8. The van der Waals surface area contributed by atoms with Crippen LogP contribution in [0.25, 0.3) is 0 Å². The monoisotopic (exact) mass is 693 g/mol. The van der Waals surface area contributed by atoms with Crippen molar-refractivity contribution in [2.45, 2.75) is 159 Å². The van der Waals surface area contributed by atoms with Gasteiger partial charge in [0.05, 0.1) is 24.8 Å². The van der Waals surface area contributed by atoms with Gasteiger partial charge in [-0.05, 0) is 74.3 Å². The number of thioether (sulfide) groups is 1. The largest absolute Gasteiger partial charge is 0.409 e. The fourth-order valence-corrected chi connectivity index (χ4v) is 15.4. The molecular weight excluding hydrogens is 631 g/mol. The molecule has 7 nitrogen and oxygen atoms in total. The van der Waals surface area contributed by atoms with Gasteiger partial charge in [-0.1, -0.05) is 78.8 Å². The normalized spacial score (nSPS) is 29.1. The Morgan fingerprint density at radius 3 is 1.96 bits per heavy atom. The summed E-state index contributed by atoms with van der Waals surface area (Å²) < 4.78 is 34.2. The third kappa shape index (κ3) is 7.69. The lowest BCUT2D eigenvalue weighted by Gasteiger charge is -2.51. The number of β-lactam (4-membered cyclic amide) rings is 1. The quantitative estimate of drug-likeness (QED) is 0.108. The van der Waals surface area contributed by atoms with Crippen LogP contribution in [0.15, 0.2) is 30.3 Å². The number of fused-ring (bicyclic) bond motifs is 1. The van der Waals surface area contributed by atoms with Crippen molar-refractivity contribution in [2.75, 3.05) is 19.5 Å². The lowest BCUT2D eigenvalue weighted by Crippen LogP contribution is -2.70. The maximum absolute atomic E-state index is 14.1. The molecule has 8 atom stereocenters. The predicted molar refractivity (Wildman–Crippen MR) is 194 cm³/mol. The Balaban J connectivity index is 1.90. The Morgan fingerprint density at radius 1 is 0.913 bits per heavy atom. The van der Waals surface area contributed by atoms with E-state index in [1.54, 1.807) is 7.11 Å². The highest BCUT2D eigenvalue weighted by Crippen LogP contribution is 2.51. The minimum absolute atomic E-state index is 0.00692. The molecule has 0 aliphatic carbocycles.